The van der Waals surface area contributed by atoms with Crippen molar-refractivity contribution in [2.45, 2.75) is 13.1 Å². The van der Waals surface area contributed by atoms with Gasteiger partial charge in [-0.3, -0.25) is 25.7 Å². The average molecular weight is 398 g/mol. The second-order valence-electron chi connectivity index (χ2n) is 5.44. The summed E-state index contributed by atoms with van der Waals surface area (Å²) in [5.41, 5.74) is -1.50. The normalized spacial score (nSPS) is 11.8. The summed E-state index contributed by atoms with van der Waals surface area (Å²) in [5.74, 6) is 0.568. The van der Waals surface area contributed by atoms with Crippen molar-refractivity contribution >= 4 is 22.8 Å². The number of nitro benzene ring substituents is 2. The molecule has 2 aromatic rings. The van der Waals surface area contributed by atoms with Crippen molar-refractivity contribution in [2.24, 2.45) is 5.10 Å². The van der Waals surface area contributed by atoms with Gasteiger partial charge in [0.15, 0.2) is 0 Å². The highest BCUT2D eigenvalue weighted by atomic mass is 19.4. The van der Waals surface area contributed by atoms with Gasteiger partial charge in [0, 0.05) is 12.1 Å². The Kier molecular flexibility index (Phi) is 5.81. The number of alkyl halides is 3. The number of hydrazone groups is 1. The summed E-state index contributed by atoms with van der Waals surface area (Å²) in [4.78, 5) is 20.0. The van der Waals surface area contributed by atoms with Crippen molar-refractivity contribution in [1.82, 2.24) is 0 Å². The number of nitrogens with zero attached hydrogens (tertiary/aromatic N) is 3. The zero-order valence-electron chi connectivity index (χ0n) is 14.5. The molecule has 0 heterocycles. The van der Waals surface area contributed by atoms with Gasteiger partial charge in [-0.1, -0.05) is 0 Å². The molecule has 2 rings (SSSR count). The highest BCUT2D eigenvalue weighted by Crippen LogP contribution is 2.41. The van der Waals surface area contributed by atoms with Crippen LogP contribution in [0.25, 0.3) is 0 Å². The molecule has 0 fully saturated rings. The lowest BCUT2D eigenvalue weighted by Crippen LogP contribution is -2.10. The molecule has 0 unspecified atom stereocenters. The zero-order valence-corrected chi connectivity index (χ0v) is 14.5. The molecule has 28 heavy (non-hydrogen) atoms. The van der Waals surface area contributed by atoms with Crippen molar-refractivity contribution in [3.8, 4) is 5.75 Å². The van der Waals surface area contributed by atoms with Gasteiger partial charge in [0.1, 0.15) is 5.75 Å². The van der Waals surface area contributed by atoms with E-state index in [1.165, 1.54) is 14.0 Å². The summed E-state index contributed by atoms with van der Waals surface area (Å²) >= 11 is 0. The van der Waals surface area contributed by atoms with Crippen molar-refractivity contribution in [3.05, 3.63) is 67.8 Å². The van der Waals surface area contributed by atoms with Crippen LogP contribution in [-0.4, -0.2) is 22.7 Å². The SMILES string of the molecule is COc1ccc(/C(C)=N\Nc2c([N+](=O)[O-])cc(C(F)(F)F)cc2[N+](=O)[O-])cc1. The van der Waals surface area contributed by atoms with E-state index in [1.807, 2.05) is 0 Å². The van der Waals surface area contributed by atoms with Crippen LogP contribution < -0.4 is 10.2 Å². The van der Waals surface area contributed by atoms with E-state index in [9.17, 15) is 33.4 Å². The number of ether oxygens (including phenoxy) is 1. The van der Waals surface area contributed by atoms with Crippen LogP contribution >= 0.6 is 0 Å². The predicted molar refractivity (Wildman–Crippen MR) is 93.6 cm³/mol. The number of methoxy groups -OCH3 is 1. The number of nitrogens with one attached hydrogen (secondary N) is 1. The Balaban J connectivity index is 2.50. The highest BCUT2D eigenvalue weighted by molar-refractivity contribution is 5.99. The fraction of sp³-hybridized carbons (Fsp3) is 0.188. The smallest absolute Gasteiger partial charge is 0.416 e. The maximum absolute atomic E-state index is 12.9. The first-order chi connectivity index (χ1) is 13.0. The highest BCUT2D eigenvalue weighted by Gasteiger charge is 2.37. The fourth-order valence-corrected chi connectivity index (χ4v) is 2.21. The first-order valence-electron chi connectivity index (χ1n) is 7.53. The second-order valence-corrected chi connectivity index (χ2v) is 5.44. The molecule has 12 heteroatoms. The number of halogens is 3. The molecule has 0 radical (unpaired) electrons. The van der Waals surface area contributed by atoms with Gasteiger partial charge in [-0.25, -0.2) is 0 Å². The van der Waals surface area contributed by atoms with Gasteiger partial charge in [0.05, 0.1) is 28.2 Å². The van der Waals surface area contributed by atoms with Crippen LogP contribution in [-0.2, 0) is 6.18 Å². The number of rotatable bonds is 6. The quantitative estimate of drug-likeness (QED) is 0.438. The van der Waals surface area contributed by atoms with E-state index < -0.39 is 38.6 Å². The largest absolute Gasteiger partial charge is 0.497 e. The Morgan fingerprint density at radius 3 is 1.96 bits per heavy atom. The topological polar surface area (TPSA) is 120 Å². The van der Waals surface area contributed by atoms with E-state index in [-0.39, 0.29) is 17.8 Å². The Bertz CT molecular complexity index is 907. The Morgan fingerprint density at radius 1 is 1.07 bits per heavy atom. The standard InChI is InChI=1S/C16H13F3N4O5/c1-9(10-3-5-12(28-2)6-4-10)20-21-15-13(22(24)25)7-11(16(17,18)19)8-14(15)23(26)27/h3-8,21H,1-2H3/b20-9-. The molecule has 148 valence electrons. The monoisotopic (exact) mass is 398 g/mol. The minimum atomic E-state index is -4.99. The average Bonchev–Trinajstić information content (AvgIpc) is 2.64. The number of nitro groups is 2. The summed E-state index contributed by atoms with van der Waals surface area (Å²) in [5, 5.41) is 26.2. The summed E-state index contributed by atoms with van der Waals surface area (Å²) in [6.07, 6.45) is -4.99. The lowest BCUT2D eigenvalue weighted by Gasteiger charge is -2.10. The molecule has 1 N–H and O–H groups in total. The lowest BCUT2D eigenvalue weighted by atomic mass is 10.1. The lowest BCUT2D eigenvalue weighted by molar-refractivity contribution is -0.392. The van der Waals surface area contributed by atoms with Gasteiger partial charge in [-0.2, -0.15) is 18.3 Å². The second kappa shape index (κ2) is 7.90. The third kappa shape index (κ3) is 4.52. The van der Waals surface area contributed by atoms with Gasteiger partial charge in [-0.15, -0.1) is 0 Å². The number of benzene rings is 2. The van der Waals surface area contributed by atoms with Gasteiger partial charge in [-0.05, 0) is 36.8 Å². The number of anilines is 1. The van der Waals surface area contributed by atoms with Crippen LogP contribution in [0.15, 0.2) is 41.5 Å². The summed E-state index contributed by atoms with van der Waals surface area (Å²) in [7, 11) is 1.47. The third-order valence-corrected chi connectivity index (χ3v) is 3.66. The summed E-state index contributed by atoms with van der Waals surface area (Å²) in [6.45, 7) is 1.51. The van der Waals surface area contributed by atoms with Crippen molar-refractivity contribution in [3.63, 3.8) is 0 Å². The molecule has 0 aliphatic heterocycles. The number of hydrogen-bond donors (Lipinski definition) is 1. The molecule has 0 atom stereocenters. The maximum atomic E-state index is 12.9. The molecular weight excluding hydrogens is 385 g/mol. The molecule has 9 nitrogen and oxygen atoms in total. The van der Waals surface area contributed by atoms with Gasteiger partial charge in [0.2, 0.25) is 5.69 Å². The van der Waals surface area contributed by atoms with Crippen molar-refractivity contribution < 1.29 is 27.8 Å². The van der Waals surface area contributed by atoms with Crippen LogP contribution in [0.2, 0.25) is 0 Å². The third-order valence-electron chi connectivity index (χ3n) is 3.66. The molecule has 0 bridgehead atoms. The van der Waals surface area contributed by atoms with Crippen LogP contribution in [0, 0.1) is 20.2 Å². The van der Waals surface area contributed by atoms with Gasteiger partial charge < -0.3 is 4.74 Å². The summed E-state index contributed by atoms with van der Waals surface area (Å²) in [6, 6.07) is 6.92. The van der Waals surface area contributed by atoms with Crippen LogP contribution in [0.4, 0.5) is 30.2 Å². The first kappa shape index (κ1) is 20.6. The Morgan fingerprint density at radius 2 is 1.57 bits per heavy atom. The predicted octanol–water partition coefficient (Wildman–Crippen LogP) is 4.37. The molecule has 0 aliphatic carbocycles. The fourth-order valence-electron chi connectivity index (χ4n) is 2.21. The van der Waals surface area contributed by atoms with Crippen LogP contribution in [0.1, 0.15) is 18.1 Å². The minimum Gasteiger partial charge on any atom is -0.497 e. The van der Waals surface area contributed by atoms with Gasteiger partial charge >= 0.3 is 17.6 Å². The molecule has 2 aromatic carbocycles. The van der Waals surface area contributed by atoms with E-state index in [1.54, 1.807) is 24.3 Å². The molecule has 0 aromatic heterocycles. The molecule has 0 aliphatic rings. The van der Waals surface area contributed by atoms with Gasteiger partial charge in [0.25, 0.3) is 0 Å². The van der Waals surface area contributed by atoms with Crippen LogP contribution in [0.5, 0.6) is 5.75 Å². The molecule has 0 saturated carbocycles. The minimum absolute atomic E-state index is 0.216. The summed E-state index contributed by atoms with van der Waals surface area (Å²) < 4.78 is 43.7. The van der Waals surface area contributed by atoms with Crippen LogP contribution in [0.3, 0.4) is 0 Å². The maximum Gasteiger partial charge on any atom is 0.416 e. The molecule has 0 saturated heterocycles. The van der Waals surface area contributed by atoms with E-state index in [2.05, 4.69) is 10.5 Å². The van der Waals surface area contributed by atoms with E-state index in [0.29, 0.717) is 11.3 Å². The first-order valence-corrected chi connectivity index (χ1v) is 7.53. The number of hydrogen-bond acceptors (Lipinski definition) is 7. The molecule has 0 spiro atoms. The Labute approximate surface area is 155 Å². The molecular formula is C16H13F3N4O5. The van der Waals surface area contributed by atoms with E-state index >= 15 is 0 Å². The van der Waals surface area contributed by atoms with E-state index in [4.69, 9.17) is 4.74 Å². The van der Waals surface area contributed by atoms with E-state index in [0.717, 1.165) is 0 Å². The zero-order chi connectivity index (χ0) is 21.1. The van der Waals surface area contributed by atoms with Crippen molar-refractivity contribution in [1.29, 1.82) is 0 Å². The van der Waals surface area contributed by atoms with Crippen molar-refractivity contribution in [2.75, 3.05) is 12.5 Å². The Hall–Kier alpha value is -3.70. The molecule has 0 amide bonds.